The predicted octanol–water partition coefficient (Wildman–Crippen LogP) is -0.507. The second-order valence-electron chi connectivity index (χ2n) is 9.19. The smallest absolute Gasteiger partial charge is 0.361 e. The molecule has 0 spiro atoms. The molecule has 0 amide bonds. The van der Waals surface area contributed by atoms with E-state index in [0.29, 0.717) is 26.3 Å². The van der Waals surface area contributed by atoms with Gasteiger partial charge in [0.05, 0.1) is 45.9 Å². The van der Waals surface area contributed by atoms with Crippen LogP contribution in [-0.2, 0) is 19.1 Å². The zero-order valence-corrected chi connectivity index (χ0v) is 17.1. The van der Waals surface area contributed by atoms with Gasteiger partial charge in [-0.1, -0.05) is 0 Å². The number of carbonyl (C=O) groups is 2. The van der Waals surface area contributed by atoms with Crippen LogP contribution < -0.4 is 0 Å². The lowest BCUT2D eigenvalue weighted by Gasteiger charge is -2.49. The Bertz CT molecular complexity index is 541. The fourth-order valence-electron chi connectivity index (χ4n) is 5.05. The van der Waals surface area contributed by atoms with Crippen molar-refractivity contribution in [2.45, 2.75) is 19.3 Å². The van der Waals surface area contributed by atoms with Crippen molar-refractivity contribution in [2.24, 2.45) is 0 Å². The number of carbonyl (C=O) groups excluding carboxylic acids is 2. The Morgan fingerprint density at radius 2 is 1.21 bits per heavy atom. The van der Waals surface area contributed by atoms with Gasteiger partial charge in [0.1, 0.15) is 0 Å². The van der Waals surface area contributed by atoms with Crippen molar-refractivity contribution in [3.05, 3.63) is 0 Å². The minimum absolute atomic E-state index is 0.0852. The lowest BCUT2D eigenvalue weighted by molar-refractivity contribution is -0.955. The second-order valence-corrected chi connectivity index (χ2v) is 9.19. The van der Waals surface area contributed by atoms with Gasteiger partial charge in [0.2, 0.25) is 6.73 Å². The van der Waals surface area contributed by atoms with E-state index in [1.807, 2.05) is 0 Å². The number of quaternary nitrogens is 2. The normalized spacial score (nSPS) is 36.3. The monoisotopic (exact) mass is 396 g/mol. The molecule has 6 rings (SSSR count). The lowest BCUT2D eigenvalue weighted by atomic mass is 10.1. The number of hydrogen-bond acceptors (Lipinski definition) is 6. The summed E-state index contributed by atoms with van der Waals surface area (Å²) in [7, 11) is 0. The predicted molar refractivity (Wildman–Crippen MR) is 103 cm³/mol. The maximum atomic E-state index is 12.2. The Balaban J connectivity index is 1.05. The number of esters is 2. The third-order valence-corrected chi connectivity index (χ3v) is 7.35. The largest absolute Gasteiger partial charge is 0.462 e. The van der Waals surface area contributed by atoms with Crippen LogP contribution in [0.4, 0.5) is 0 Å². The van der Waals surface area contributed by atoms with Gasteiger partial charge >= 0.3 is 11.9 Å². The van der Waals surface area contributed by atoms with Crippen LogP contribution in [-0.4, -0.2) is 129 Å². The molecule has 6 fully saturated rings. The van der Waals surface area contributed by atoms with Gasteiger partial charge in [-0.15, -0.1) is 0 Å². The number of fused-ring (bicyclic) bond motifs is 6. The Labute approximate surface area is 168 Å². The first-order valence-electron chi connectivity index (χ1n) is 11.0. The molecule has 8 nitrogen and oxygen atoms in total. The molecule has 0 unspecified atom stereocenters. The SMILES string of the molecule is O=C(CCCCOC(=O)C[N+]12CCN(CC1)CC2)OC[N+]12CCN(CC1)CC2. The number of hydrogen-bond donors (Lipinski definition) is 0. The fraction of sp³-hybridized carbons (Fsp3) is 0.900. The van der Waals surface area contributed by atoms with Gasteiger partial charge in [-0.25, -0.2) is 4.79 Å². The van der Waals surface area contributed by atoms with Crippen LogP contribution in [0.1, 0.15) is 19.3 Å². The van der Waals surface area contributed by atoms with Gasteiger partial charge in [-0.05, 0) is 12.8 Å². The van der Waals surface area contributed by atoms with Crippen LogP contribution >= 0.6 is 0 Å². The first-order chi connectivity index (χ1) is 13.6. The van der Waals surface area contributed by atoms with Gasteiger partial charge in [0.15, 0.2) is 6.54 Å². The number of ether oxygens (including phenoxy) is 2. The van der Waals surface area contributed by atoms with Crippen molar-refractivity contribution in [2.75, 3.05) is 98.4 Å². The molecule has 6 saturated heterocycles. The number of piperazine rings is 6. The van der Waals surface area contributed by atoms with Gasteiger partial charge in [0, 0.05) is 45.7 Å². The molecule has 6 aliphatic heterocycles. The van der Waals surface area contributed by atoms with E-state index in [9.17, 15) is 9.59 Å². The summed E-state index contributed by atoms with van der Waals surface area (Å²) in [5.74, 6) is -0.200. The minimum atomic E-state index is -0.114. The molecule has 8 heteroatoms. The molecule has 0 aromatic heterocycles. The summed E-state index contributed by atoms with van der Waals surface area (Å²) in [4.78, 5) is 29.2. The summed E-state index contributed by atoms with van der Waals surface area (Å²) in [6.45, 7) is 14.6. The van der Waals surface area contributed by atoms with Crippen LogP contribution in [0.25, 0.3) is 0 Å². The highest BCUT2D eigenvalue weighted by Gasteiger charge is 2.40. The first-order valence-corrected chi connectivity index (χ1v) is 11.0. The van der Waals surface area contributed by atoms with Crippen molar-refractivity contribution in [1.82, 2.24) is 9.80 Å². The standard InChI is InChI=1S/C20H36N4O4/c25-19(28-18-24-13-7-22(8-14-24)9-15-24)3-1-2-16-27-20(26)17-23-10-4-21(5-11-23)6-12-23/h1-18H2/q+2. The zero-order valence-electron chi connectivity index (χ0n) is 17.1. The summed E-state index contributed by atoms with van der Waals surface area (Å²) in [6, 6.07) is 0. The molecule has 0 saturated carbocycles. The Kier molecular flexibility index (Phi) is 6.20. The number of rotatable bonds is 9. The molecule has 28 heavy (non-hydrogen) atoms. The van der Waals surface area contributed by atoms with Crippen LogP contribution in [0.5, 0.6) is 0 Å². The number of unbranched alkanes of at least 4 members (excludes halogenated alkanes) is 1. The maximum Gasteiger partial charge on any atom is 0.361 e. The Hall–Kier alpha value is -1.22. The molecule has 4 bridgehead atoms. The molecular weight excluding hydrogens is 360 g/mol. The van der Waals surface area contributed by atoms with Gasteiger partial charge in [-0.2, -0.15) is 0 Å². The molecule has 6 aliphatic rings. The van der Waals surface area contributed by atoms with Crippen LogP contribution in [0.3, 0.4) is 0 Å². The molecule has 0 aromatic carbocycles. The average molecular weight is 397 g/mol. The summed E-state index contributed by atoms with van der Waals surface area (Å²) >= 11 is 0. The molecule has 6 heterocycles. The molecule has 0 aliphatic carbocycles. The van der Waals surface area contributed by atoms with Crippen LogP contribution in [0.15, 0.2) is 0 Å². The van der Waals surface area contributed by atoms with E-state index >= 15 is 0 Å². The minimum Gasteiger partial charge on any atom is -0.462 e. The van der Waals surface area contributed by atoms with Crippen molar-refractivity contribution < 1.29 is 28.0 Å². The highest BCUT2D eigenvalue weighted by atomic mass is 16.5. The topological polar surface area (TPSA) is 59.1 Å². The van der Waals surface area contributed by atoms with Crippen molar-refractivity contribution in [1.29, 1.82) is 0 Å². The maximum absolute atomic E-state index is 12.2. The third kappa shape index (κ3) is 4.84. The summed E-state index contributed by atoms with van der Waals surface area (Å²) in [5, 5.41) is 0. The Morgan fingerprint density at radius 3 is 1.79 bits per heavy atom. The van der Waals surface area contributed by atoms with E-state index in [-0.39, 0.29) is 11.9 Å². The van der Waals surface area contributed by atoms with Gasteiger partial charge in [-0.3, -0.25) is 19.1 Å². The summed E-state index contributed by atoms with van der Waals surface area (Å²) < 4.78 is 12.8. The molecule has 0 N–H and O–H groups in total. The lowest BCUT2D eigenvalue weighted by Crippen LogP contribution is -2.68. The summed E-state index contributed by atoms with van der Waals surface area (Å²) in [5.41, 5.74) is 0. The van der Waals surface area contributed by atoms with E-state index in [1.54, 1.807) is 0 Å². The van der Waals surface area contributed by atoms with Gasteiger partial charge < -0.3 is 14.0 Å². The van der Waals surface area contributed by atoms with E-state index in [1.165, 1.54) is 0 Å². The average Bonchev–Trinajstić information content (AvgIpc) is 2.74. The number of nitrogens with zero attached hydrogens (tertiary/aromatic N) is 4. The highest BCUT2D eigenvalue weighted by molar-refractivity contribution is 5.70. The quantitative estimate of drug-likeness (QED) is 0.297. The van der Waals surface area contributed by atoms with E-state index < -0.39 is 0 Å². The van der Waals surface area contributed by atoms with E-state index in [2.05, 4.69) is 9.80 Å². The van der Waals surface area contributed by atoms with Crippen LogP contribution in [0.2, 0.25) is 0 Å². The summed E-state index contributed by atoms with van der Waals surface area (Å²) in [6.07, 6.45) is 1.86. The third-order valence-electron chi connectivity index (χ3n) is 7.35. The van der Waals surface area contributed by atoms with Crippen molar-refractivity contribution in [3.8, 4) is 0 Å². The van der Waals surface area contributed by atoms with Crippen molar-refractivity contribution >= 4 is 11.9 Å². The van der Waals surface area contributed by atoms with E-state index in [4.69, 9.17) is 9.47 Å². The van der Waals surface area contributed by atoms with E-state index in [0.717, 1.165) is 100 Å². The molecule has 0 radical (unpaired) electrons. The van der Waals surface area contributed by atoms with Gasteiger partial charge in [0.25, 0.3) is 0 Å². The fourth-order valence-corrected chi connectivity index (χ4v) is 5.05. The molecule has 0 atom stereocenters. The Morgan fingerprint density at radius 1 is 0.679 bits per heavy atom. The van der Waals surface area contributed by atoms with Crippen LogP contribution in [0, 0.1) is 0 Å². The first kappa shape index (κ1) is 20.1. The molecule has 158 valence electrons. The zero-order chi connectivity index (χ0) is 19.5. The second kappa shape index (κ2) is 8.65. The van der Waals surface area contributed by atoms with Crippen molar-refractivity contribution in [3.63, 3.8) is 0 Å². The molecule has 0 aromatic rings. The molecular formula is C20H36N4O4+2. The highest BCUT2D eigenvalue weighted by Crippen LogP contribution is 2.20.